The number of carbonyl (C=O) groups is 1. The van der Waals surface area contributed by atoms with Crippen molar-refractivity contribution in [1.29, 1.82) is 0 Å². The number of urea groups is 1. The number of sulfonamides is 1. The van der Waals surface area contributed by atoms with Gasteiger partial charge in [0.1, 0.15) is 5.82 Å². The number of halogens is 1. The van der Waals surface area contributed by atoms with Crippen molar-refractivity contribution in [2.24, 2.45) is 0 Å². The van der Waals surface area contributed by atoms with Crippen molar-refractivity contribution in [2.45, 2.75) is 6.42 Å². The Labute approximate surface area is 140 Å². The van der Waals surface area contributed by atoms with Crippen molar-refractivity contribution in [2.75, 3.05) is 22.8 Å². The summed E-state index contributed by atoms with van der Waals surface area (Å²) in [5, 5.41) is 5.30. The van der Waals surface area contributed by atoms with Gasteiger partial charge in [-0.1, -0.05) is 12.1 Å². The van der Waals surface area contributed by atoms with Crippen LogP contribution in [0.4, 0.5) is 20.6 Å². The van der Waals surface area contributed by atoms with Crippen molar-refractivity contribution in [1.82, 2.24) is 5.32 Å². The second kappa shape index (κ2) is 7.78. The second-order valence-electron chi connectivity index (χ2n) is 5.21. The fraction of sp³-hybridized carbons (Fsp3) is 0.188. The third-order valence-electron chi connectivity index (χ3n) is 3.03. The number of anilines is 2. The van der Waals surface area contributed by atoms with E-state index in [0.29, 0.717) is 24.3 Å². The quantitative estimate of drug-likeness (QED) is 0.747. The molecule has 0 aromatic heterocycles. The lowest BCUT2D eigenvalue weighted by molar-refractivity contribution is 0.252. The number of hydrogen-bond acceptors (Lipinski definition) is 3. The van der Waals surface area contributed by atoms with Crippen molar-refractivity contribution >= 4 is 27.4 Å². The molecular weight excluding hydrogens is 333 g/mol. The van der Waals surface area contributed by atoms with Gasteiger partial charge in [0, 0.05) is 17.9 Å². The van der Waals surface area contributed by atoms with Crippen LogP contribution in [-0.2, 0) is 16.4 Å². The van der Waals surface area contributed by atoms with Crippen LogP contribution in [0.15, 0.2) is 48.5 Å². The minimum atomic E-state index is -3.33. The molecule has 24 heavy (non-hydrogen) atoms. The van der Waals surface area contributed by atoms with Crippen LogP contribution < -0.4 is 15.4 Å². The average molecular weight is 351 g/mol. The summed E-state index contributed by atoms with van der Waals surface area (Å²) in [5.41, 5.74) is 1.73. The van der Waals surface area contributed by atoms with Gasteiger partial charge in [0.15, 0.2) is 0 Å². The van der Waals surface area contributed by atoms with Crippen LogP contribution >= 0.6 is 0 Å². The summed E-state index contributed by atoms with van der Waals surface area (Å²) in [6, 6.07) is 12.1. The van der Waals surface area contributed by atoms with Crippen LogP contribution in [0, 0.1) is 5.82 Å². The SMILES string of the molecule is CS(=O)(=O)Nc1ccc(NC(=O)NCCc2cccc(F)c2)cc1. The molecule has 0 radical (unpaired) electrons. The Morgan fingerprint density at radius 1 is 1.08 bits per heavy atom. The van der Waals surface area contributed by atoms with Crippen LogP contribution in [0.5, 0.6) is 0 Å². The summed E-state index contributed by atoms with van der Waals surface area (Å²) in [4.78, 5) is 11.8. The summed E-state index contributed by atoms with van der Waals surface area (Å²) in [7, 11) is -3.33. The van der Waals surface area contributed by atoms with Crippen LogP contribution in [0.2, 0.25) is 0 Å². The predicted octanol–water partition coefficient (Wildman–Crippen LogP) is 2.56. The lowest BCUT2D eigenvalue weighted by atomic mass is 10.1. The molecule has 0 heterocycles. The molecule has 2 aromatic rings. The molecule has 6 nitrogen and oxygen atoms in total. The minimum Gasteiger partial charge on any atom is -0.338 e. The van der Waals surface area contributed by atoms with Gasteiger partial charge in [-0.25, -0.2) is 17.6 Å². The topological polar surface area (TPSA) is 87.3 Å². The lowest BCUT2D eigenvalue weighted by Crippen LogP contribution is -2.30. The normalized spacial score (nSPS) is 10.9. The number of carbonyl (C=O) groups excluding carboxylic acids is 1. The number of amides is 2. The number of hydrogen-bond donors (Lipinski definition) is 3. The molecule has 0 aliphatic carbocycles. The molecule has 0 fully saturated rings. The van der Waals surface area contributed by atoms with Crippen LogP contribution in [-0.4, -0.2) is 27.2 Å². The fourth-order valence-electron chi connectivity index (χ4n) is 2.02. The first-order valence-electron chi connectivity index (χ1n) is 7.19. The van der Waals surface area contributed by atoms with Crippen LogP contribution in [0.25, 0.3) is 0 Å². The van der Waals surface area contributed by atoms with E-state index in [1.165, 1.54) is 12.1 Å². The first-order chi connectivity index (χ1) is 11.3. The zero-order valence-electron chi connectivity index (χ0n) is 13.0. The monoisotopic (exact) mass is 351 g/mol. The smallest absolute Gasteiger partial charge is 0.319 e. The molecule has 0 saturated heterocycles. The summed E-state index contributed by atoms with van der Waals surface area (Å²) in [5.74, 6) is -0.306. The number of nitrogens with one attached hydrogen (secondary N) is 3. The van der Waals surface area contributed by atoms with E-state index in [0.717, 1.165) is 11.8 Å². The first-order valence-corrected chi connectivity index (χ1v) is 9.08. The van der Waals surface area contributed by atoms with Gasteiger partial charge in [0.25, 0.3) is 0 Å². The van der Waals surface area contributed by atoms with Crippen molar-refractivity contribution in [3.05, 3.63) is 59.9 Å². The van der Waals surface area contributed by atoms with E-state index < -0.39 is 16.1 Å². The molecule has 128 valence electrons. The summed E-state index contributed by atoms with van der Waals surface area (Å²) in [6.07, 6.45) is 1.58. The molecule has 3 N–H and O–H groups in total. The highest BCUT2D eigenvalue weighted by molar-refractivity contribution is 7.92. The van der Waals surface area contributed by atoms with E-state index in [4.69, 9.17) is 0 Å². The summed E-state index contributed by atoms with van der Waals surface area (Å²) in [6.45, 7) is 0.364. The Balaban J connectivity index is 1.79. The van der Waals surface area contributed by atoms with E-state index in [1.807, 2.05) is 0 Å². The van der Waals surface area contributed by atoms with Gasteiger partial charge in [-0.3, -0.25) is 4.72 Å². The molecule has 0 spiro atoms. The molecule has 2 rings (SSSR count). The van der Waals surface area contributed by atoms with Crippen molar-refractivity contribution in [3.63, 3.8) is 0 Å². The zero-order valence-corrected chi connectivity index (χ0v) is 13.9. The van der Waals surface area contributed by atoms with Crippen molar-refractivity contribution < 1.29 is 17.6 Å². The Hall–Kier alpha value is -2.61. The van der Waals surface area contributed by atoms with Crippen LogP contribution in [0.1, 0.15) is 5.56 Å². The molecule has 0 aliphatic rings. The molecule has 0 bridgehead atoms. The molecule has 2 amide bonds. The zero-order chi connectivity index (χ0) is 17.6. The Bertz CT molecular complexity index is 808. The molecule has 0 aliphatic heterocycles. The number of rotatable bonds is 6. The standard InChI is InChI=1S/C16H18FN3O3S/c1-24(22,23)20-15-7-5-14(6-8-15)19-16(21)18-10-9-12-3-2-4-13(17)11-12/h2-8,11,20H,9-10H2,1H3,(H2,18,19,21). The highest BCUT2D eigenvalue weighted by atomic mass is 32.2. The van der Waals surface area contributed by atoms with Gasteiger partial charge >= 0.3 is 6.03 Å². The third kappa shape index (κ3) is 6.25. The lowest BCUT2D eigenvalue weighted by Gasteiger charge is -2.09. The summed E-state index contributed by atoms with van der Waals surface area (Å²) < 4.78 is 37.6. The molecule has 0 atom stereocenters. The average Bonchev–Trinajstić information content (AvgIpc) is 2.48. The second-order valence-corrected chi connectivity index (χ2v) is 6.96. The highest BCUT2D eigenvalue weighted by Gasteiger charge is 2.04. The fourth-order valence-corrected chi connectivity index (χ4v) is 2.59. The molecule has 0 saturated carbocycles. The molecule has 0 unspecified atom stereocenters. The largest absolute Gasteiger partial charge is 0.338 e. The van der Waals surface area contributed by atoms with E-state index in [-0.39, 0.29) is 5.82 Å². The van der Waals surface area contributed by atoms with Crippen molar-refractivity contribution in [3.8, 4) is 0 Å². The number of benzene rings is 2. The molecule has 2 aromatic carbocycles. The maximum Gasteiger partial charge on any atom is 0.319 e. The van der Waals surface area contributed by atoms with Gasteiger partial charge in [-0.2, -0.15) is 0 Å². The molecular formula is C16H18FN3O3S. The van der Waals surface area contributed by atoms with Gasteiger partial charge in [-0.15, -0.1) is 0 Å². The third-order valence-corrected chi connectivity index (χ3v) is 3.64. The predicted molar refractivity (Wildman–Crippen MR) is 92.0 cm³/mol. The minimum absolute atomic E-state index is 0.306. The van der Waals surface area contributed by atoms with E-state index in [9.17, 15) is 17.6 Å². The van der Waals surface area contributed by atoms with E-state index in [2.05, 4.69) is 15.4 Å². The van der Waals surface area contributed by atoms with Gasteiger partial charge in [0.2, 0.25) is 10.0 Å². The summed E-state index contributed by atoms with van der Waals surface area (Å²) >= 11 is 0. The Kier molecular flexibility index (Phi) is 5.75. The van der Waals surface area contributed by atoms with Gasteiger partial charge in [-0.05, 0) is 48.4 Å². The van der Waals surface area contributed by atoms with E-state index in [1.54, 1.807) is 36.4 Å². The Morgan fingerprint density at radius 3 is 2.38 bits per heavy atom. The van der Waals surface area contributed by atoms with Crippen LogP contribution in [0.3, 0.4) is 0 Å². The first kappa shape index (κ1) is 17.7. The maximum absolute atomic E-state index is 13.0. The molecule has 8 heteroatoms. The highest BCUT2D eigenvalue weighted by Crippen LogP contribution is 2.14. The van der Waals surface area contributed by atoms with E-state index >= 15 is 0 Å². The Morgan fingerprint density at radius 2 is 1.75 bits per heavy atom. The maximum atomic E-state index is 13.0. The van der Waals surface area contributed by atoms with Gasteiger partial charge in [0.05, 0.1) is 6.26 Å². The van der Waals surface area contributed by atoms with Gasteiger partial charge < -0.3 is 10.6 Å².